The average molecular weight is 241 g/mol. The second kappa shape index (κ2) is 4.74. The van der Waals surface area contributed by atoms with Gasteiger partial charge in [-0.25, -0.2) is 0 Å². The van der Waals surface area contributed by atoms with E-state index < -0.39 is 5.79 Å². The van der Waals surface area contributed by atoms with Crippen molar-refractivity contribution >= 4 is 11.7 Å². The fraction of sp³-hybridized carbons (Fsp3) is 0.833. The van der Waals surface area contributed by atoms with E-state index in [1.54, 1.807) is 0 Å². The van der Waals surface area contributed by atoms with Crippen LogP contribution in [0.3, 0.4) is 0 Å². The smallest absolute Gasteiger partial charge is 0.305 e. The van der Waals surface area contributed by atoms with Crippen LogP contribution < -0.4 is 0 Å². The van der Waals surface area contributed by atoms with Gasteiger partial charge in [-0.05, 0) is 26.7 Å². The predicted octanol–water partition coefficient (Wildman–Crippen LogP) is 1.30. The SMILES string of the molecule is COC(=O)CCCC1=NC[C@H]2OC(C)(C)O[C@@H]12. The van der Waals surface area contributed by atoms with E-state index in [4.69, 9.17) is 9.47 Å². The van der Waals surface area contributed by atoms with Crippen LogP contribution in [-0.4, -0.2) is 43.3 Å². The van der Waals surface area contributed by atoms with Gasteiger partial charge in [0.2, 0.25) is 0 Å². The molecule has 2 heterocycles. The van der Waals surface area contributed by atoms with Crippen LogP contribution in [0.25, 0.3) is 0 Å². The van der Waals surface area contributed by atoms with Crippen LogP contribution in [0.15, 0.2) is 4.99 Å². The van der Waals surface area contributed by atoms with Gasteiger partial charge < -0.3 is 14.2 Å². The number of carbonyl (C=O) groups excluding carboxylic acids is 1. The van der Waals surface area contributed by atoms with E-state index >= 15 is 0 Å². The standard InChI is InChI=1S/C12H19NO4/c1-12(2)16-9-7-13-8(11(9)17-12)5-4-6-10(14)15-3/h9,11H,4-7H2,1-3H3/t9-,11+/m1/s1. The van der Waals surface area contributed by atoms with Crippen LogP contribution in [0.4, 0.5) is 0 Å². The molecular weight excluding hydrogens is 222 g/mol. The lowest BCUT2D eigenvalue weighted by molar-refractivity contribution is -0.142. The first kappa shape index (κ1) is 12.5. The molecule has 2 aliphatic rings. The molecule has 5 heteroatoms. The Morgan fingerprint density at radius 2 is 2.29 bits per heavy atom. The fourth-order valence-electron chi connectivity index (χ4n) is 2.29. The number of hydrogen-bond acceptors (Lipinski definition) is 5. The number of ether oxygens (including phenoxy) is 3. The van der Waals surface area contributed by atoms with Gasteiger partial charge in [-0.3, -0.25) is 9.79 Å². The zero-order valence-corrected chi connectivity index (χ0v) is 10.6. The van der Waals surface area contributed by atoms with E-state index in [0.29, 0.717) is 13.0 Å². The third kappa shape index (κ3) is 2.84. The lowest BCUT2D eigenvalue weighted by atomic mass is 10.1. The zero-order valence-electron chi connectivity index (χ0n) is 10.6. The van der Waals surface area contributed by atoms with Gasteiger partial charge in [-0.1, -0.05) is 0 Å². The number of rotatable bonds is 4. The molecule has 2 aliphatic heterocycles. The van der Waals surface area contributed by atoms with E-state index in [1.807, 2.05) is 13.8 Å². The fourth-order valence-corrected chi connectivity index (χ4v) is 2.29. The van der Waals surface area contributed by atoms with Gasteiger partial charge >= 0.3 is 5.97 Å². The number of esters is 1. The van der Waals surface area contributed by atoms with Gasteiger partial charge in [0.1, 0.15) is 12.2 Å². The van der Waals surface area contributed by atoms with Crippen molar-refractivity contribution in [2.75, 3.05) is 13.7 Å². The van der Waals surface area contributed by atoms with Crippen LogP contribution >= 0.6 is 0 Å². The minimum atomic E-state index is -0.515. The molecule has 0 aromatic heterocycles. The summed E-state index contributed by atoms with van der Waals surface area (Å²) in [6.45, 7) is 4.50. The average Bonchev–Trinajstić information content (AvgIpc) is 2.74. The molecule has 0 spiro atoms. The summed E-state index contributed by atoms with van der Waals surface area (Å²) in [4.78, 5) is 15.4. The first-order valence-corrected chi connectivity index (χ1v) is 5.97. The monoisotopic (exact) mass is 241 g/mol. The Kier molecular flexibility index (Phi) is 3.49. The summed E-state index contributed by atoms with van der Waals surface area (Å²) < 4.78 is 16.1. The molecule has 0 aromatic carbocycles. The largest absolute Gasteiger partial charge is 0.469 e. The Bertz CT molecular complexity index is 337. The Hall–Kier alpha value is -0.940. The highest BCUT2D eigenvalue weighted by Crippen LogP contribution is 2.33. The summed E-state index contributed by atoms with van der Waals surface area (Å²) in [5.74, 6) is -0.692. The number of methoxy groups -OCH3 is 1. The van der Waals surface area contributed by atoms with Gasteiger partial charge in [0.05, 0.1) is 13.7 Å². The summed E-state index contributed by atoms with van der Waals surface area (Å²) in [6, 6.07) is 0. The van der Waals surface area contributed by atoms with Crippen molar-refractivity contribution in [3.05, 3.63) is 0 Å². The molecule has 96 valence electrons. The maximum atomic E-state index is 11.0. The van der Waals surface area contributed by atoms with Gasteiger partial charge in [-0.15, -0.1) is 0 Å². The molecule has 1 saturated heterocycles. The van der Waals surface area contributed by atoms with Crippen molar-refractivity contribution in [2.24, 2.45) is 4.99 Å². The number of nitrogens with zero attached hydrogens (tertiary/aromatic N) is 1. The maximum absolute atomic E-state index is 11.0. The van der Waals surface area contributed by atoms with Crippen LogP contribution in [0.5, 0.6) is 0 Å². The molecule has 1 fully saturated rings. The van der Waals surface area contributed by atoms with Crippen LogP contribution in [0.1, 0.15) is 33.1 Å². The zero-order chi connectivity index (χ0) is 12.5. The summed E-state index contributed by atoms with van der Waals surface area (Å²) in [5, 5.41) is 0. The lowest BCUT2D eigenvalue weighted by Gasteiger charge is -2.18. The van der Waals surface area contributed by atoms with Crippen molar-refractivity contribution in [3.63, 3.8) is 0 Å². The minimum absolute atomic E-state index is 0.0253. The number of fused-ring (bicyclic) bond motifs is 1. The van der Waals surface area contributed by atoms with Crippen molar-refractivity contribution in [1.29, 1.82) is 0 Å². The molecule has 0 saturated carbocycles. The maximum Gasteiger partial charge on any atom is 0.305 e. The molecule has 2 atom stereocenters. The lowest BCUT2D eigenvalue weighted by Crippen LogP contribution is -2.27. The molecule has 2 rings (SSSR count). The van der Waals surface area contributed by atoms with Gasteiger partial charge in [0.15, 0.2) is 5.79 Å². The van der Waals surface area contributed by atoms with Crippen LogP contribution in [0.2, 0.25) is 0 Å². The van der Waals surface area contributed by atoms with Crippen molar-refractivity contribution in [1.82, 2.24) is 0 Å². The molecule has 0 aromatic rings. The number of hydrogen-bond donors (Lipinski definition) is 0. The third-order valence-corrected chi connectivity index (χ3v) is 3.03. The summed E-state index contributed by atoms with van der Waals surface area (Å²) in [5.41, 5.74) is 1.02. The van der Waals surface area contributed by atoms with E-state index in [1.165, 1.54) is 7.11 Å². The number of carbonyl (C=O) groups is 1. The first-order valence-electron chi connectivity index (χ1n) is 5.97. The van der Waals surface area contributed by atoms with Crippen molar-refractivity contribution in [2.45, 2.75) is 51.1 Å². The molecule has 0 unspecified atom stereocenters. The molecule has 17 heavy (non-hydrogen) atoms. The molecule has 5 nitrogen and oxygen atoms in total. The summed E-state index contributed by atoms with van der Waals surface area (Å²) in [6.07, 6.45) is 1.98. The van der Waals surface area contributed by atoms with Gasteiger partial charge in [0.25, 0.3) is 0 Å². The molecule has 0 N–H and O–H groups in total. The topological polar surface area (TPSA) is 57.1 Å². The molecule has 0 aliphatic carbocycles. The van der Waals surface area contributed by atoms with Gasteiger partial charge in [-0.2, -0.15) is 0 Å². The van der Waals surface area contributed by atoms with Crippen molar-refractivity contribution < 1.29 is 19.0 Å². The Morgan fingerprint density at radius 3 is 3.00 bits per heavy atom. The van der Waals surface area contributed by atoms with Crippen LogP contribution in [-0.2, 0) is 19.0 Å². The predicted molar refractivity (Wildman–Crippen MR) is 62.0 cm³/mol. The molecular formula is C12H19NO4. The van der Waals surface area contributed by atoms with Crippen molar-refractivity contribution in [3.8, 4) is 0 Å². The van der Waals surface area contributed by atoms with E-state index in [-0.39, 0.29) is 18.2 Å². The minimum Gasteiger partial charge on any atom is -0.469 e. The first-order chi connectivity index (χ1) is 8.02. The Labute approximate surface area is 101 Å². The van der Waals surface area contributed by atoms with E-state index in [9.17, 15) is 4.79 Å². The second-order valence-corrected chi connectivity index (χ2v) is 4.86. The van der Waals surface area contributed by atoms with Gasteiger partial charge in [0, 0.05) is 12.1 Å². The van der Waals surface area contributed by atoms with E-state index in [0.717, 1.165) is 18.6 Å². The second-order valence-electron chi connectivity index (χ2n) is 4.86. The highest BCUT2D eigenvalue weighted by atomic mass is 16.8. The Balaban J connectivity index is 1.81. The van der Waals surface area contributed by atoms with E-state index in [2.05, 4.69) is 9.73 Å². The molecule has 0 bridgehead atoms. The molecule has 0 radical (unpaired) electrons. The Morgan fingerprint density at radius 1 is 1.53 bits per heavy atom. The third-order valence-electron chi connectivity index (χ3n) is 3.03. The highest BCUT2D eigenvalue weighted by Gasteiger charge is 2.46. The highest BCUT2D eigenvalue weighted by molar-refractivity contribution is 5.91. The molecule has 0 amide bonds. The normalized spacial score (nSPS) is 29.9. The summed E-state index contributed by atoms with van der Waals surface area (Å²) >= 11 is 0. The quantitative estimate of drug-likeness (QED) is 0.696. The summed E-state index contributed by atoms with van der Waals surface area (Å²) in [7, 11) is 1.40. The number of aliphatic imine (C=N–C) groups is 1. The van der Waals surface area contributed by atoms with Crippen LogP contribution in [0, 0.1) is 0 Å².